The highest BCUT2D eigenvalue weighted by atomic mass is 19.3. The Bertz CT molecular complexity index is 761. The summed E-state index contributed by atoms with van der Waals surface area (Å²) in [6.45, 7) is 0.0417. The van der Waals surface area contributed by atoms with Crippen molar-refractivity contribution in [1.29, 1.82) is 0 Å². The zero-order valence-electron chi connectivity index (χ0n) is 14.8. The summed E-state index contributed by atoms with van der Waals surface area (Å²) >= 11 is 0. The van der Waals surface area contributed by atoms with Crippen LogP contribution in [0.25, 0.3) is 0 Å². The zero-order chi connectivity index (χ0) is 19.0. The van der Waals surface area contributed by atoms with Gasteiger partial charge in [0.25, 0.3) is 5.92 Å². The van der Waals surface area contributed by atoms with E-state index in [1.165, 1.54) is 4.90 Å². The molecule has 2 fully saturated rings. The number of fused-ring (bicyclic) bond motifs is 1. The number of benzene rings is 2. The van der Waals surface area contributed by atoms with Crippen LogP contribution in [0.4, 0.5) is 13.6 Å². The van der Waals surface area contributed by atoms with Crippen molar-refractivity contribution in [3.05, 3.63) is 71.8 Å². The number of rotatable bonds is 3. The molecule has 4 rings (SSSR count). The monoisotopic (exact) mass is 372 g/mol. The van der Waals surface area contributed by atoms with Gasteiger partial charge in [0.15, 0.2) is 0 Å². The van der Waals surface area contributed by atoms with Gasteiger partial charge in [-0.3, -0.25) is 4.90 Å². The summed E-state index contributed by atoms with van der Waals surface area (Å²) in [5, 5.41) is 9.55. The number of hydrogen-bond donors (Lipinski definition) is 1. The van der Waals surface area contributed by atoms with Gasteiger partial charge in [-0.25, -0.2) is 13.6 Å². The van der Waals surface area contributed by atoms with Crippen LogP contribution >= 0.6 is 0 Å². The fourth-order valence-electron chi connectivity index (χ4n) is 4.55. The Balaban J connectivity index is 1.78. The molecule has 1 amide bonds. The molecule has 0 saturated carbocycles. The Kier molecular flexibility index (Phi) is 4.60. The molecule has 0 radical (unpaired) electrons. The molecule has 0 aliphatic carbocycles. The first kappa shape index (κ1) is 17.9. The van der Waals surface area contributed by atoms with Gasteiger partial charge >= 0.3 is 6.09 Å². The van der Waals surface area contributed by atoms with Crippen molar-refractivity contribution < 1.29 is 18.7 Å². The molecule has 2 aromatic carbocycles. The number of alkyl halides is 2. The largest absolute Gasteiger partial charge is 0.465 e. The predicted octanol–water partition coefficient (Wildman–Crippen LogP) is 3.89. The van der Waals surface area contributed by atoms with Crippen molar-refractivity contribution in [2.45, 2.75) is 30.3 Å². The van der Waals surface area contributed by atoms with E-state index in [-0.39, 0.29) is 38.0 Å². The molecule has 0 spiro atoms. The minimum atomic E-state index is -2.78. The maximum Gasteiger partial charge on any atom is 0.407 e. The van der Waals surface area contributed by atoms with Crippen LogP contribution in [0.2, 0.25) is 0 Å². The van der Waals surface area contributed by atoms with Gasteiger partial charge in [0.2, 0.25) is 0 Å². The van der Waals surface area contributed by atoms with Crippen molar-refractivity contribution >= 4 is 6.09 Å². The molecular weight excluding hydrogens is 350 g/mol. The zero-order valence-corrected chi connectivity index (χ0v) is 14.8. The fourth-order valence-corrected chi connectivity index (χ4v) is 4.55. The van der Waals surface area contributed by atoms with E-state index in [0.29, 0.717) is 0 Å². The Morgan fingerprint density at radius 3 is 2.07 bits per heavy atom. The van der Waals surface area contributed by atoms with Gasteiger partial charge in [-0.15, -0.1) is 0 Å². The van der Waals surface area contributed by atoms with E-state index in [2.05, 4.69) is 0 Å². The molecule has 0 bridgehead atoms. The Morgan fingerprint density at radius 1 is 1.00 bits per heavy atom. The molecule has 27 heavy (non-hydrogen) atoms. The average molecular weight is 372 g/mol. The highest BCUT2D eigenvalue weighted by Gasteiger charge is 2.52. The third kappa shape index (κ3) is 3.54. The molecule has 4 nitrogen and oxygen atoms in total. The van der Waals surface area contributed by atoms with Gasteiger partial charge in [0, 0.05) is 37.5 Å². The third-order valence-electron chi connectivity index (χ3n) is 5.65. The molecule has 142 valence electrons. The third-order valence-corrected chi connectivity index (χ3v) is 5.65. The second-order valence-electron chi connectivity index (χ2n) is 7.44. The van der Waals surface area contributed by atoms with Crippen molar-refractivity contribution in [2.24, 2.45) is 0 Å². The molecule has 0 aromatic heterocycles. The summed E-state index contributed by atoms with van der Waals surface area (Å²) in [6.07, 6.45) is -1.33. The number of halogens is 2. The standard InChI is InChI=1S/C21H22F2N2O2/c22-21(23)11-17-12-24(20(26)27)13-18(25(17)14-21)19(15-7-3-1-4-8-15)16-9-5-2-6-10-16/h1-10,17-19H,11-14H2,(H,26,27)/t17-,18-/m0/s1. The second-order valence-corrected chi connectivity index (χ2v) is 7.44. The molecule has 6 heteroatoms. The van der Waals surface area contributed by atoms with Gasteiger partial charge in [-0.1, -0.05) is 60.7 Å². The van der Waals surface area contributed by atoms with E-state index >= 15 is 0 Å². The van der Waals surface area contributed by atoms with Crippen LogP contribution in [0.3, 0.4) is 0 Å². The smallest absolute Gasteiger partial charge is 0.407 e. The van der Waals surface area contributed by atoms with Crippen molar-refractivity contribution in [1.82, 2.24) is 9.80 Å². The molecule has 2 atom stereocenters. The molecule has 2 heterocycles. The quantitative estimate of drug-likeness (QED) is 0.889. The average Bonchev–Trinajstić information content (AvgIpc) is 2.97. The topological polar surface area (TPSA) is 43.8 Å². The maximum absolute atomic E-state index is 14.2. The number of nitrogens with zero attached hydrogens (tertiary/aromatic N) is 2. The van der Waals surface area contributed by atoms with E-state index in [9.17, 15) is 18.7 Å². The van der Waals surface area contributed by atoms with Crippen LogP contribution in [0.5, 0.6) is 0 Å². The van der Waals surface area contributed by atoms with Gasteiger partial charge in [0.1, 0.15) is 0 Å². The first-order chi connectivity index (χ1) is 12.9. The highest BCUT2D eigenvalue weighted by molar-refractivity contribution is 5.65. The lowest BCUT2D eigenvalue weighted by Gasteiger charge is -2.45. The van der Waals surface area contributed by atoms with E-state index < -0.39 is 18.1 Å². The second kappa shape index (κ2) is 6.93. The number of carboxylic acid groups (broad SMARTS) is 1. The van der Waals surface area contributed by atoms with Crippen LogP contribution in [0.15, 0.2) is 60.7 Å². The van der Waals surface area contributed by atoms with Gasteiger partial charge in [-0.05, 0) is 11.1 Å². The summed E-state index contributed by atoms with van der Waals surface area (Å²) in [5.41, 5.74) is 2.02. The maximum atomic E-state index is 14.2. The number of amides is 1. The highest BCUT2D eigenvalue weighted by Crippen LogP contribution is 2.41. The van der Waals surface area contributed by atoms with E-state index in [1.54, 1.807) is 0 Å². The molecule has 2 aliphatic rings. The Morgan fingerprint density at radius 2 is 1.56 bits per heavy atom. The summed E-state index contributed by atoms with van der Waals surface area (Å²) in [7, 11) is 0. The van der Waals surface area contributed by atoms with Crippen LogP contribution in [0.1, 0.15) is 23.5 Å². The van der Waals surface area contributed by atoms with Gasteiger partial charge < -0.3 is 10.0 Å². The normalized spacial score (nSPS) is 24.8. The molecule has 2 aromatic rings. The lowest BCUT2D eigenvalue weighted by Crippen LogP contribution is -2.59. The van der Waals surface area contributed by atoms with Crippen molar-refractivity contribution in [3.63, 3.8) is 0 Å². The summed E-state index contributed by atoms with van der Waals surface area (Å²) in [5.74, 6) is -2.96. The summed E-state index contributed by atoms with van der Waals surface area (Å²) < 4.78 is 28.4. The van der Waals surface area contributed by atoms with Crippen molar-refractivity contribution in [3.8, 4) is 0 Å². The van der Waals surface area contributed by atoms with Crippen LogP contribution in [-0.2, 0) is 0 Å². The van der Waals surface area contributed by atoms with E-state index in [1.807, 2.05) is 65.6 Å². The predicted molar refractivity (Wildman–Crippen MR) is 98.2 cm³/mol. The first-order valence-corrected chi connectivity index (χ1v) is 9.16. The minimum Gasteiger partial charge on any atom is -0.465 e. The van der Waals surface area contributed by atoms with Crippen LogP contribution < -0.4 is 0 Å². The van der Waals surface area contributed by atoms with Crippen LogP contribution in [-0.4, -0.2) is 58.6 Å². The van der Waals surface area contributed by atoms with Crippen molar-refractivity contribution in [2.75, 3.05) is 19.6 Å². The summed E-state index contributed by atoms with van der Waals surface area (Å²) in [6, 6.07) is 18.7. The Labute approximate surface area is 157 Å². The lowest BCUT2D eigenvalue weighted by atomic mass is 9.82. The fraction of sp³-hybridized carbons (Fsp3) is 0.381. The van der Waals surface area contributed by atoms with Gasteiger partial charge in [0.05, 0.1) is 6.54 Å². The number of hydrogen-bond acceptors (Lipinski definition) is 2. The SMILES string of the molecule is O=C(O)N1C[C@@H]2CC(F)(F)CN2[C@H](C(c2ccccc2)c2ccccc2)C1. The molecule has 2 aliphatic heterocycles. The first-order valence-electron chi connectivity index (χ1n) is 9.16. The molecule has 0 unspecified atom stereocenters. The lowest BCUT2D eigenvalue weighted by molar-refractivity contribution is 0.00204. The molecule has 1 N–H and O–H groups in total. The van der Waals surface area contributed by atoms with Gasteiger partial charge in [-0.2, -0.15) is 0 Å². The molecular formula is C21H22F2N2O2. The number of piperazine rings is 1. The number of carbonyl (C=O) groups is 1. The molecule has 2 saturated heterocycles. The summed E-state index contributed by atoms with van der Waals surface area (Å²) in [4.78, 5) is 14.8. The Hall–Kier alpha value is -2.47. The van der Waals surface area contributed by atoms with E-state index in [4.69, 9.17) is 0 Å². The minimum absolute atomic E-state index is 0.137. The van der Waals surface area contributed by atoms with E-state index in [0.717, 1.165) is 11.1 Å². The van der Waals surface area contributed by atoms with Crippen LogP contribution in [0, 0.1) is 0 Å².